The van der Waals surface area contributed by atoms with E-state index in [0.717, 1.165) is 12.1 Å². The van der Waals surface area contributed by atoms with E-state index in [1.54, 1.807) is 4.72 Å². The van der Waals surface area contributed by atoms with Gasteiger partial charge in [-0.25, -0.2) is 13.1 Å². The third kappa shape index (κ3) is 3.30. The van der Waals surface area contributed by atoms with Crippen molar-refractivity contribution in [2.24, 2.45) is 0 Å². The first-order chi connectivity index (χ1) is 10.1. The number of benzene rings is 1. The summed E-state index contributed by atoms with van der Waals surface area (Å²) in [6.45, 7) is 1.47. The molecule has 0 atom stereocenters. The maximum Gasteiger partial charge on any atom is 0.416 e. The van der Waals surface area contributed by atoms with Gasteiger partial charge in [0.2, 0.25) is 0 Å². The van der Waals surface area contributed by atoms with E-state index in [4.69, 9.17) is 4.42 Å². The molecule has 22 heavy (non-hydrogen) atoms. The van der Waals surface area contributed by atoms with Crippen LogP contribution >= 0.6 is 0 Å². The molecule has 0 aliphatic rings. The molecule has 0 saturated heterocycles. The van der Waals surface area contributed by atoms with E-state index in [9.17, 15) is 26.4 Å². The van der Waals surface area contributed by atoms with Gasteiger partial charge in [0.1, 0.15) is 5.76 Å². The average molecular weight is 333 g/mol. The Hall–Kier alpha value is -2.29. The van der Waals surface area contributed by atoms with E-state index >= 15 is 0 Å². The zero-order chi connectivity index (χ0) is 16.5. The Labute approximate surface area is 123 Å². The summed E-state index contributed by atoms with van der Waals surface area (Å²) >= 11 is 0. The van der Waals surface area contributed by atoms with Crippen LogP contribution in [0.25, 0.3) is 0 Å². The molecule has 0 saturated carbocycles. The van der Waals surface area contributed by atoms with Crippen LogP contribution in [0.15, 0.2) is 45.9 Å². The van der Waals surface area contributed by atoms with Crippen molar-refractivity contribution in [2.45, 2.75) is 18.0 Å². The molecule has 0 aliphatic carbocycles. The first-order valence-corrected chi connectivity index (χ1v) is 7.38. The molecule has 9 heteroatoms. The van der Waals surface area contributed by atoms with Crippen LogP contribution in [0, 0.1) is 6.92 Å². The molecule has 1 heterocycles. The van der Waals surface area contributed by atoms with Gasteiger partial charge in [0, 0.05) is 0 Å². The van der Waals surface area contributed by atoms with E-state index in [1.165, 1.54) is 19.3 Å². The topological polar surface area (TPSA) is 76.4 Å². The van der Waals surface area contributed by atoms with E-state index in [2.05, 4.69) is 0 Å². The zero-order valence-electron chi connectivity index (χ0n) is 11.1. The van der Waals surface area contributed by atoms with Gasteiger partial charge >= 0.3 is 6.18 Å². The fourth-order valence-electron chi connectivity index (χ4n) is 1.68. The molecule has 1 aromatic heterocycles. The zero-order valence-corrected chi connectivity index (χ0v) is 12.0. The molecule has 2 rings (SSSR count). The van der Waals surface area contributed by atoms with Crippen LogP contribution in [0.5, 0.6) is 0 Å². The Morgan fingerprint density at radius 3 is 2.18 bits per heavy atom. The smallest absolute Gasteiger partial charge is 0.416 e. The summed E-state index contributed by atoms with van der Waals surface area (Å²) < 4.78 is 67.9. The highest BCUT2D eigenvalue weighted by molar-refractivity contribution is 7.90. The average Bonchev–Trinajstić information content (AvgIpc) is 2.84. The first kappa shape index (κ1) is 16.1. The quantitative estimate of drug-likeness (QED) is 0.937. The van der Waals surface area contributed by atoms with E-state index in [-0.39, 0.29) is 11.3 Å². The lowest BCUT2D eigenvalue weighted by molar-refractivity contribution is -0.137. The standard InChI is InChI=1S/C13H10F3NO4S/c1-8-11(6-7-21-8)12(18)17-22(19,20)10-4-2-9(3-5-10)13(14,15)16/h2-7H,1H3,(H,17,18). The molecule has 118 valence electrons. The van der Waals surface area contributed by atoms with Crippen molar-refractivity contribution in [1.82, 2.24) is 4.72 Å². The minimum atomic E-state index is -4.57. The highest BCUT2D eigenvalue weighted by atomic mass is 32.2. The minimum Gasteiger partial charge on any atom is -0.469 e. The predicted molar refractivity (Wildman–Crippen MR) is 69.5 cm³/mol. The Kier molecular flexibility index (Phi) is 4.01. The lowest BCUT2D eigenvalue weighted by Crippen LogP contribution is -2.30. The predicted octanol–water partition coefficient (Wildman–Crippen LogP) is 2.73. The second-order valence-corrected chi connectivity index (χ2v) is 6.03. The molecule has 1 amide bonds. The van der Waals surface area contributed by atoms with Crippen molar-refractivity contribution < 1.29 is 30.8 Å². The number of aryl methyl sites for hydroxylation is 1. The van der Waals surface area contributed by atoms with E-state index in [1.807, 2.05) is 0 Å². The molecular weight excluding hydrogens is 323 g/mol. The summed E-state index contributed by atoms with van der Waals surface area (Å²) in [4.78, 5) is 11.4. The lowest BCUT2D eigenvalue weighted by atomic mass is 10.2. The number of hydrogen-bond donors (Lipinski definition) is 1. The number of hydrogen-bond acceptors (Lipinski definition) is 4. The maximum absolute atomic E-state index is 12.4. The molecule has 0 spiro atoms. The normalized spacial score (nSPS) is 12.2. The Bertz CT molecular complexity index is 791. The largest absolute Gasteiger partial charge is 0.469 e. The van der Waals surface area contributed by atoms with Crippen molar-refractivity contribution in [3.63, 3.8) is 0 Å². The number of halogens is 3. The molecule has 0 aliphatic heterocycles. The van der Waals surface area contributed by atoms with Crippen LogP contribution in [0.1, 0.15) is 21.7 Å². The van der Waals surface area contributed by atoms with Crippen molar-refractivity contribution in [1.29, 1.82) is 0 Å². The van der Waals surface area contributed by atoms with Gasteiger partial charge in [0.15, 0.2) is 0 Å². The fourth-order valence-corrected chi connectivity index (χ4v) is 2.65. The van der Waals surface area contributed by atoms with Gasteiger partial charge in [0.05, 0.1) is 22.3 Å². The SMILES string of the molecule is Cc1occc1C(=O)NS(=O)(=O)c1ccc(C(F)(F)F)cc1. The number of carbonyl (C=O) groups excluding carboxylic acids is 1. The third-order valence-electron chi connectivity index (χ3n) is 2.82. The number of furan rings is 1. The molecule has 2 aromatic rings. The molecule has 0 unspecified atom stereocenters. The number of sulfonamides is 1. The number of carbonyl (C=O) groups is 1. The van der Waals surface area contributed by atoms with Crippen LogP contribution in [-0.2, 0) is 16.2 Å². The van der Waals surface area contributed by atoms with Gasteiger partial charge in [-0.05, 0) is 37.3 Å². The highest BCUT2D eigenvalue weighted by Crippen LogP contribution is 2.29. The second kappa shape index (κ2) is 5.48. The van der Waals surface area contributed by atoms with Gasteiger partial charge in [-0.1, -0.05) is 0 Å². The molecule has 0 fully saturated rings. The van der Waals surface area contributed by atoms with Crippen LogP contribution in [0.3, 0.4) is 0 Å². The first-order valence-electron chi connectivity index (χ1n) is 5.90. The summed E-state index contributed by atoms with van der Waals surface area (Å²) in [6, 6.07) is 4.10. The fraction of sp³-hybridized carbons (Fsp3) is 0.154. The summed E-state index contributed by atoms with van der Waals surface area (Å²) in [5.41, 5.74) is -0.959. The molecule has 5 nitrogen and oxygen atoms in total. The Morgan fingerprint density at radius 2 is 1.73 bits per heavy atom. The van der Waals surface area contributed by atoms with Crippen LogP contribution in [0.2, 0.25) is 0 Å². The highest BCUT2D eigenvalue weighted by Gasteiger charge is 2.31. The van der Waals surface area contributed by atoms with Gasteiger partial charge < -0.3 is 4.42 Å². The monoisotopic (exact) mass is 333 g/mol. The second-order valence-electron chi connectivity index (χ2n) is 4.35. The molecule has 0 radical (unpaired) electrons. The maximum atomic E-state index is 12.4. The van der Waals surface area contributed by atoms with Gasteiger partial charge in [0.25, 0.3) is 15.9 Å². The van der Waals surface area contributed by atoms with Crippen molar-refractivity contribution >= 4 is 15.9 Å². The molecule has 0 bridgehead atoms. The number of amides is 1. The summed E-state index contributed by atoms with van der Waals surface area (Å²) in [6.07, 6.45) is -3.35. The van der Waals surface area contributed by atoms with Crippen LogP contribution < -0.4 is 4.72 Å². The minimum absolute atomic E-state index is 0.0236. The van der Waals surface area contributed by atoms with Crippen molar-refractivity contribution in [3.8, 4) is 0 Å². The Balaban J connectivity index is 2.24. The summed E-state index contributed by atoms with van der Waals surface area (Å²) in [7, 11) is -4.27. The van der Waals surface area contributed by atoms with Crippen molar-refractivity contribution in [3.05, 3.63) is 53.5 Å². The van der Waals surface area contributed by atoms with Gasteiger partial charge in [-0.2, -0.15) is 13.2 Å². The van der Waals surface area contributed by atoms with Crippen molar-refractivity contribution in [2.75, 3.05) is 0 Å². The molecule has 1 N–H and O–H groups in total. The summed E-state index contributed by atoms with van der Waals surface area (Å²) in [5.74, 6) is -0.703. The Morgan fingerprint density at radius 1 is 1.14 bits per heavy atom. The summed E-state index contributed by atoms with van der Waals surface area (Å²) in [5, 5.41) is 0. The third-order valence-corrected chi connectivity index (χ3v) is 4.17. The van der Waals surface area contributed by atoms with Gasteiger partial charge in [-0.15, -0.1) is 0 Å². The van der Waals surface area contributed by atoms with E-state index in [0.29, 0.717) is 12.1 Å². The number of alkyl halides is 3. The molecular formula is C13H10F3NO4S. The number of rotatable bonds is 3. The van der Waals surface area contributed by atoms with Gasteiger partial charge in [-0.3, -0.25) is 4.79 Å². The van der Waals surface area contributed by atoms with Crippen LogP contribution in [-0.4, -0.2) is 14.3 Å². The number of nitrogens with one attached hydrogen (secondary N) is 1. The lowest BCUT2D eigenvalue weighted by Gasteiger charge is -2.09. The molecule has 1 aromatic carbocycles. The van der Waals surface area contributed by atoms with Crippen LogP contribution in [0.4, 0.5) is 13.2 Å². The van der Waals surface area contributed by atoms with E-state index < -0.39 is 32.6 Å².